The number of hydrogen-bond donors (Lipinski definition) is 0. The van der Waals surface area contributed by atoms with E-state index in [9.17, 15) is 4.79 Å². The summed E-state index contributed by atoms with van der Waals surface area (Å²) < 4.78 is 3.16. The zero-order valence-corrected chi connectivity index (χ0v) is 23.2. The molecule has 1 saturated heterocycles. The van der Waals surface area contributed by atoms with Crippen LogP contribution in [0.3, 0.4) is 0 Å². The maximum atomic E-state index is 12.8. The first-order valence-corrected chi connectivity index (χ1v) is 13.8. The van der Waals surface area contributed by atoms with Gasteiger partial charge in [0.05, 0.1) is 25.1 Å². The Morgan fingerprint density at radius 1 is 0.974 bits per heavy atom. The van der Waals surface area contributed by atoms with Crippen molar-refractivity contribution in [1.29, 1.82) is 0 Å². The molecule has 0 N–H and O–H groups in total. The average Bonchev–Trinajstić information content (AvgIpc) is 3.51. The SMILES string of the molecule is CC1=C(c2cccc3ccccc23)C(N2CCN(C)CC2)C(=C=O)N1c1cncn1Cc1ccc(Br)cc1. The van der Waals surface area contributed by atoms with E-state index in [1.165, 1.54) is 21.9 Å². The Morgan fingerprint density at radius 3 is 2.47 bits per heavy atom. The Bertz CT molecular complexity index is 1550. The van der Waals surface area contributed by atoms with Gasteiger partial charge in [0, 0.05) is 41.9 Å². The first-order chi connectivity index (χ1) is 18.5. The van der Waals surface area contributed by atoms with Crippen LogP contribution in [-0.2, 0) is 11.3 Å². The third kappa shape index (κ3) is 4.42. The second-order valence-electron chi connectivity index (χ2n) is 10.1. The molecule has 0 spiro atoms. The van der Waals surface area contributed by atoms with Gasteiger partial charge in [-0.25, -0.2) is 9.78 Å². The van der Waals surface area contributed by atoms with E-state index in [1.807, 2.05) is 24.7 Å². The highest BCUT2D eigenvalue weighted by Gasteiger charge is 2.42. The summed E-state index contributed by atoms with van der Waals surface area (Å²) in [6, 6.07) is 23.1. The lowest BCUT2D eigenvalue weighted by atomic mass is 9.92. The number of carbonyl (C=O) groups excluding carboxylic acids is 1. The quantitative estimate of drug-likeness (QED) is 0.301. The van der Waals surface area contributed by atoms with Gasteiger partial charge < -0.3 is 9.47 Å². The molecule has 0 radical (unpaired) electrons. The van der Waals surface area contributed by atoms with Crippen molar-refractivity contribution in [2.45, 2.75) is 19.5 Å². The lowest BCUT2D eigenvalue weighted by molar-refractivity contribution is 0.146. The molecule has 7 heteroatoms. The molecule has 3 heterocycles. The number of allylic oxidation sites excluding steroid dienone is 1. The van der Waals surface area contributed by atoms with Gasteiger partial charge in [-0.3, -0.25) is 9.80 Å². The van der Waals surface area contributed by atoms with Crippen molar-refractivity contribution >= 4 is 44.0 Å². The molecule has 6 nitrogen and oxygen atoms in total. The first kappa shape index (κ1) is 24.8. The fraction of sp³-hybridized carbons (Fsp3) is 0.258. The lowest BCUT2D eigenvalue weighted by Gasteiger charge is -2.37. The summed E-state index contributed by atoms with van der Waals surface area (Å²) in [5, 5.41) is 2.39. The zero-order chi connectivity index (χ0) is 26.2. The van der Waals surface area contributed by atoms with Gasteiger partial charge in [0.25, 0.3) is 0 Å². The molecule has 2 aliphatic heterocycles. The molecule has 38 heavy (non-hydrogen) atoms. The van der Waals surface area contributed by atoms with Crippen LogP contribution in [0.4, 0.5) is 5.82 Å². The van der Waals surface area contributed by atoms with E-state index in [1.54, 1.807) is 0 Å². The highest BCUT2D eigenvalue weighted by molar-refractivity contribution is 9.10. The van der Waals surface area contributed by atoms with Crippen LogP contribution in [0.1, 0.15) is 18.1 Å². The van der Waals surface area contributed by atoms with E-state index >= 15 is 0 Å². The summed E-state index contributed by atoms with van der Waals surface area (Å²) in [5.74, 6) is 3.26. The van der Waals surface area contributed by atoms with E-state index in [-0.39, 0.29) is 6.04 Å². The number of fused-ring (bicyclic) bond motifs is 1. The number of hydrogen-bond acceptors (Lipinski definition) is 5. The van der Waals surface area contributed by atoms with E-state index in [0.717, 1.165) is 47.7 Å². The van der Waals surface area contributed by atoms with Crippen molar-refractivity contribution in [3.05, 3.63) is 106 Å². The summed E-state index contributed by atoms with van der Waals surface area (Å²) in [5.41, 5.74) is 5.17. The number of benzene rings is 3. The zero-order valence-electron chi connectivity index (χ0n) is 21.6. The molecular formula is C31H30BrN5O. The van der Waals surface area contributed by atoms with Gasteiger partial charge in [-0.1, -0.05) is 70.5 Å². The van der Waals surface area contributed by atoms with Crippen molar-refractivity contribution in [2.75, 3.05) is 38.1 Å². The number of halogens is 1. The van der Waals surface area contributed by atoms with E-state index < -0.39 is 0 Å². The molecule has 4 aromatic rings. The normalized spacial score (nSPS) is 19.0. The minimum absolute atomic E-state index is 0.178. The van der Waals surface area contributed by atoms with Gasteiger partial charge in [-0.05, 0) is 48.0 Å². The Labute approximate surface area is 231 Å². The average molecular weight is 569 g/mol. The van der Waals surface area contributed by atoms with Crippen LogP contribution >= 0.6 is 15.9 Å². The summed E-state index contributed by atoms with van der Waals surface area (Å²) in [4.78, 5) is 24.2. The minimum Gasteiger partial charge on any atom is -0.312 e. The molecule has 0 saturated carbocycles. The minimum atomic E-state index is -0.178. The van der Waals surface area contributed by atoms with Gasteiger partial charge >= 0.3 is 0 Å². The first-order valence-electron chi connectivity index (χ1n) is 13.0. The molecule has 0 amide bonds. The lowest BCUT2D eigenvalue weighted by Crippen LogP contribution is -2.50. The van der Waals surface area contributed by atoms with Crippen molar-refractivity contribution in [3.8, 4) is 0 Å². The molecule has 1 fully saturated rings. The highest BCUT2D eigenvalue weighted by atomic mass is 79.9. The van der Waals surface area contributed by atoms with Gasteiger partial charge in [0.15, 0.2) is 0 Å². The second-order valence-corrected chi connectivity index (χ2v) is 11.0. The number of anilines is 1. The van der Waals surface area contributed by atoms with Crippen LogP contribution in [0, 0.1) is 0 Å². The summed E-state index contributed by atoms with van der Waals surface area (Å²) in [7, 11) is 2.15. The predicted molar refractivity (Wildman–Crippen MR) is 157 cm³/mol. The van der Waals surface area contributed by atoms with Crippen LogP contribution in [-0.4, -0.2) is 64.6 Å². The van der Waals surface area contributed by atoms with Crippen LogP contribution in [0.15, 0.2) is 95.1 Å². The molecule has 192 valence electrons. The molecule has 3 aromatic carbocycles. The molecule has 2 aliphatic rings. The highest BCUT2D eigenvalue weighted by Crippen LogP contribution is 2.44. The predicted octanol–water partition coefficient (Wildman–Crippen LogP) is 5.43. The molecule has 1 aromatic heterocycles. The van der Waals surface area contributed by atoms with Crippen molar-refractivity contribution in [3.63, 3.8) is 0 Å². The van der Waals surface area contributed by atoms with Gasteiger partial charge in [0.2, 0.25) is 0 Å². The van der Waals surface area contributed by atoms with Gasteiger partial charge in [-0.15, -0.1) is 0 Å². The summed E-state index contributed by atoms with van der Waals surface area (Å²) >= 11 is 3.52. The Kier molecular flexibility index (Phi) is 6.76. The number of piperazine rings is 1. The van der Waals surface area contributed by atoms with Gasteiger partial charge in [0.1, 0.15) is 17.5 Å². The van der Waals surface area contributed by atoms with E-state index in [2.05, 4.69) is 115 Å². The van der Waals surface area contributed by atoms with Crippen LogP contribution in [0.5, 0.6) is 0 Å². The third-order valence-electron chi connectivity index (χ3n) is 7.77. The second kappa shape index (κ2) is 10.4. The van der Waals surface area contributed by atoms with Crippen molar-refractivity contribution in [2.24, 2.45) is 0 Å². The van der Waals surface area contributed by atoms with Crippen LogP contribution in [0.2, 0.25) is 0 Å². The van der Waals surface area contributed by atoms with Crippen molar-refractivity contribution < 1.29 is 4.79 Å². The van der Waals surface area contributed by atoms with Crippen molar-refractivity contribution in [1.82, 2.24) is 19.4 Å². The Hall–Kier alpha value is -3.48. The molecule has 0 aliphatic carbocycles. The van der Waals surface area contributed by atoms with Crippen LogP contribution < -0.4 is 4.90 Å². The summed E-state index contributed by atoms with van der Waals surface area (Å²) in [6.07, 6.45) is 3.70. The Balaban J connectivity index is 1.50. The molecule has 1 atom stereocenters. The van der Waals surface area contributed by atoms with E-state index in [0.29, 0.717) is 12.2 Å². The number of imidazole rings is 1. The third-order valence-corrected chi connectivity index (χ3v) is 8.30. The van der Waals surface area contributed by atoms with Crippen LogP contribution in [0.25, 0.3) is 16.3 Å². The molecule has 6 rings (SSSR count). The maximum Gasteiger partial charge on any atom is 0.148 e. The smallest absolute Gasteiger partial charge is 0.148 e. The molecular weight excluding hydrogens is 538 g/mol. The van der Waals surface area contributed by atoms with E-state index in [4.69, 9.17) is 0 Å². The standard InChI is InChI=1S/C31H30BrN5O/c1-22-30(27-9-5-7-24-6-3-4-8-26(24)27)31(35-16-14-34(2)15-17-35)28(20-38)37(22)29-18-33-21-36(29)19-23-10-12-25(32)13-11-23/h3-13,18,21,31H,14-17,19H2,1-2H3. The largest absolute Gasteiger partial charge is 0.312 e. The maximum absolute atomic E-state index is 12.8. The number of aromatic nitrogens is 2. The monoisotopic (exact) mass is 567 g/mol. The number of rotatable bonds is 5. The fourth-order valence-electron chi connectivity index (χ4n) is 5.80. The fourth-order valence-corrected chi connectivity index (χ4v) is 6.07. The number of nitrogens with zero attached hydrogens (tertiary/aromatic N) is 5. The van der Waals surface area contributed by atoms with Gasteiger partial charge in [-0.2, -0.15) is 0 Å². The Morgan fingerprint density at radius 2 is 1.71 bits per heavy atom. The number of likely N-dealkylation sites (N-methyl/N-ethyl adjacent to an activating group) is 1. The molecule has 0 bridgehead atoms. The molecule has 1 unspecified atom stereocenters. The summed E-state index contributed by atoms with van der Waals surface area (Å²) in [6.45, 7) is 6.49. The topological polar surface area (TPSA) is 44.6 Å².